The second-order valence-corrected chi connectivity index (χ2v) is 6.66. The van der Waals surface area contributed by atoms with Gasteiger partial charge in [-0.05, 0) is 37.0 Å². The summed E-state index contributed by atoms with van der Waals surface area (Å²) >= 11 is 3.54. The number of hydrogen-bond acceptors (Lipinski definition) is 2. The molecule has 0 bridgehead atoms. The molecule has 2 nitrogen and oxygen atoms in total. The molecule has 2 rings (SSSR count). The first-order chi connectivity index (χ1) is 9.69. The Morgan fingerprint density at radius 2 is 1.90 bits per heavy atom. The van der Waals surface area contributed by atoms with Crippen LogP contribution in [0.1, 0.15) is 51.6 Å². The van der Waals surface area contributed by atoms with Gasteiger partial charge in [0.1, 0.15) is 0 Å². The van der Waals surface area contributed by atoms with Crippen LogP contribution in [0, 0.1) is 0 Å². The van der Waals surface area contributed by atoms with Crippen LogP contribution in [0.15, 0.2) is 28.7 Å². The number of nitrogens with zero attached hydrogens (tertiary/aromatic N) is 1. The number of rotatable bonds is 5. The number of halogens is 1. The van der Waals surface area contributed by atoms with Crippen LogP contribution in [0.4, 0.5) is 0 Å². The third-order valence-corrected chi connectivity index (χ3v) is 5.08. The molecule has 1 heterocycles. The summed E-state index contributed by atoms with van der Waals surface area (Å²) in [6.07, 6.45) is 3.61. The van der Waals surface area contributed by atoms with E-state index in [9.17, 15) is 0 Å². The van der Waals surface area contributed by atoms with Crippen molar-refractivity contribution in [1.29, 1.82) is 0 Å². The molecule has 1 N–H and O–H groups in total. The zero-order valence-electron chi connectivity index (χ0n) is 12.9. The van der Waals surface area contributed by atoms with Gasteiger partial charge in [-0.25, -0.2) is 0 Å². The summed E-state index contributed by atoms with van der Waals surface area (Å²) in [5, 5.41) is 3.69. The Bertz CT molecular complexity index is 404. The molecule has 0 saturated carbocycles. The summed E-state index contributed by atoms with van der Waals surface area (Å²) in [4.78, 5) is 2.73. The maximum Gasteiger partial charge on any atom is 0.0349 e. The Balaban J connectivity index is 2.20. The molecule has 1 aromatic carbocycles. The second kappa shape index (κ2) is 7.58. The van der Waals surface area contributed by atoms with E-state index < -0.39 is 0 Å². The molecule has 0 amide bonds. The molecule has 1 aliphatic heterocycles. The predicted molar refractivity (Wildman–Crippen MR) is 90.0 cm³/mol. The first-order valence-corrected chi connectivity index (χ1v) is 8.73. The van der Waals surface area contributed by atoms with Crippen LogP contribution in [-0.2, 0) is 0 Å². The van der Waals surface area contributed by atoms with E-state index >= 15 is 0 Å². The lowest BCUT2D eigenvalue weighted by molar-refractivity contribution is 0.0748. The molecule has 3 unspecified atom stereocenters. The van der Waals surface area contributed by atoms with Gasteiger partial charge in [0.15, 0.2) is 0 Å². The molecule has 1 saturated heterocycles. The SMILES string of the molecule is CCC1CN(C(CC)c2ccc(Br)cc2)C(CC)CN1. The second-order valence-electron chi connectivity index (χ2n) is 5.75. The van der Waals surface area contributed by atoms with E-state index in [0.717, 1.165) is 11.0 Å². The summed E-state index contributed by atoms with van der Waals surface area (Å²) in [5.74, 6) is 0. The largest absolute Gasteiger partial charge is 0.311 e. The van der Waals surface area contributed by atoms with Crippen molar-refractivity contribution in [3.05, 3.63) is 34.3 Å². The molecule has 112 valence electrons. The smallest absolute Gasteiger partial charge is 0.0349 e. The van der Waals surface area contributed by atoms with Gasteiger partial charge >= 0.3 is 0 Å². The first-order valence-electron chi connectivity index (χ1n) is 7.94. The van der Waals surface area contributed by atoms with Crippen LogP contribution >= 0.6 is 15.9 Å². The molecular formula is C17H27BrN2. The molecule has 1 fully saturated rings. The van der Waals surface area contributed by atoms with E-state index in [1.54, 1.807) is 0 Å². The maximum atomic E-state index is 3.69. The van der Waals surface area contributed by atoms with E-state index in [-0.39, 0.29) is 0 Å². The zero-order chi connectivity index (χ0) is 14.5. The summed E-state index contributed by atoms with van der Waals surface area (Å²) in [7, 11) is 0. The Morgan fingerprint density at radius 1 is 1.20 bits per heavy atom. The van der Waals surface area contributed by atoms with E-state index in [1.165, 1.54) is 31.4 Å². The van der Waals surface area contributed by atoms with E-state index in [0.29, 0.717) is 18.1 Å². The third kappa shape index (κ3) is 3.63. The highest BCUT2D eigenvalue weighted by Crippen LogP contribution is 2.30. The number of benzene rings is 1. The summed E-state index contributed by atoms with van der Waals surface area (Å²) in [5.41, 5.74) is 1.45. The standard InChI is InChI=1S/C17H27BrN2/c1-4-15-12-20(16(5-2)11-19-15)17(6-3)13-7-9-14(18)10-8-13/h7-10,15-17,19H,4-6,11-12H2,1-3H3. The normalized spacial score (nSPS) is 25.6. The average molecular weight is 339 g/mol. The van der Waals surface area contributed by atoms with Crippen molar-refractivity contribution in [2.24, 2.45) is 0 Å². The third-order valence-electron chi connectivity index (χ3n) is 4.55. The van der Waals surface area contributed by atoms with Crippen molar-refractivity contribution in [3.8, 4) is 0 Å². The van der Waals surface area contributed by atoms with Crippen LogP contribution in [-0.4, -0.2) is 30.1 Å². The molecule has 3 heteroatoms. The highest BCUT2D eigenvalue weighted by atomic mass is 79.9. The highest BCUT2D eigenvalue weighted by molar-refractivity contribution is 9.10. The predicted octanol–water partition coefficient (Wildman–Crippen LogP) is 4.36. The average Bonchev–Trinajstić information content (AvgIpc) is 2.49. The van der Waals surface area contributed by atoms with Gasteiger partial charge in [-0.15, -0.1) is 0 Å². The number of hydrogen-bond donors (Lipinski definition) is 1. The summed E-state index contributed by atoms with van der Waals surface area (Å²) < 4.78 is 1.16. The Hall–Kier alpha value is -0.380. The fourth-order valence-electron chi connectivity index (χ4n) is 3.27. The van der Waals surface area contributed by atoms with Crippen LogP contribution in [0.2, 0.25) is 0 Å². The molecule has 0 radical (unpaired) electrons. The minimum atomic E-state index is 0.546. The van der Waals surface area contributed by atoms with Crippen molar-refractivity contribution in [1.82, 2.24) is 10.2 Å². The van der Waals surface area contributed by atoms with Crippen molar-refractivity contribution in [2.45, 2.75) is 58.2 Å². The summed E-state index contributed by atoms with van der Waals surface area (Å²) in [6.45, 7) is 9.19. The van der Waals surface area contributed by atoms with Gasteiger partial charge in [-0.1, -0.05) is 48.8 Å². The zero-order valence-corrected chi connectivity index (χ0v) is 14.5. The Labute approximate surface area is 132 Å². The molecule has 0 aromatic heterocycles. The van der Waals surface area contributed by atoms with Gasteiger partial charge < -0.3 is 5.32 Å². The van der Waals surface area contributed by atoms with Crippen LogP contribution < -0.4 is 5.32 Å². The lowest BCUT2D eigenvalue weighted by atomic mass is 9.96. The maximum absolute atomic E-state index is 3.69. The molecule has 20 heavy (non-hydrogen) atoms. The fraction of sp³-hybridized carbons (Fsp3) is 0.647. The lowest BCUT2D eigenvalue weighted by Crippen LogP contribution is -2.56. The fourth-order valence-corrected chi connectivity index (χ4v) is 3.53. The van der Waals surface area contributed by atoms with Crippen molar-refractivity contribution < 1.29 is 0 Å². The van der Waals surface area contributed by atoms with Crippen LogP contribution in [0.3, 0.4) is 0 Å². The van der Waals surface area contributed by atoms with E-state index in [4.69, 9.17) is 0 Å². The van der Waals surface area contributed by atoms with Crippen LogP contribution in [0.5, 0.6) is 0 Å². The van der Waals surface area contributed by atoms with E-state index in [2.05, 4.69) is 71.2 Å². The van der Waals surface area contributed by atoms with Crippen LogP contribution in [0.25, 0.3) is 0 Å². The number of piperazine rings is 1. The molecule has 0 spiro atoms. The topological polar surface area (TPSA) is 15.3 Å². The van der Waals surface area contributed by atoms with Crippen molar-refractivity contribution in [2.75, 3.05) is 13.1 Å². The molecular weight excluding hydrogens is 312 g/mol. The number of nitrogens with one attached hydrogen (secondary N) is 1. The monoisotopic (exact) mass is 338 g/mol. The summed E-state index contributed by atoms with van der Waals surface area (Å²) in [6, 6.07) is 10.7. The first kappa shape index (κ1) is 16.0. The highest BCUT2D eigenvalue weighted by Gasteiger charge is 2.31. The molecule has 0 aliphatic carbocycles. The van der Waals surface area contributed by atoms with Crippen molar-refractivity contribution >= 4 is 15.9 Å². The molecule has 1 aliphatic rings. The van der Waals surface area contributed by atoms with Gasteiger partial charge in [0.05, 0.1) is 0 Å². The quantitative estimate of drug-likeness (QED) is 0.857. The van der Waals surface area contributed by atoms with Gasteiger partial charge in [-0.3, -0.25) is 4.90 Å². The van der Waals surface area contributed by atoms with Crippen molar-refractivity contribution in [3.63, 3.8) is 0 Å². The Kier molecular flexibility index (Phi) is 6.06. The molecule has 1 aromatic rings. The minimum absolute atomic E-state index is 0.546. The van der Waals surface area contributed by atoms with Gasteiger partial charge in [0.2, 0.25) is 0 Å². The van der Waals surface area contributed by atoms with Gasteiger partial charge in [-0.2, -0.15) is 0 Å². The van der Waals surface area contributed by atoms with Gasteiger partial charge in [0, 0.05) is 35.7 Å². The van der Waals surface area contributed by atoms with Gasteiger partial charge in [0.25, 0.3) is 0 Å². The minimum Gasteiger partial charge on any atom is -0.311 e. The molecule has 3 atom stereocenters. The Morgan fingerprint density at radius 3 is 2.45 bits per heavy atom. The lowest BCUT2D eigenvalue weighted by Gasteiger charge is -2.44. The van der Waals surface area contributed by atoms with E-state index in [1.807, 2.05) is 0 Å².